The van der Waals surface area contributed by atoms with E-state index < -0.39 is 6.04 Å². The van der Waals surface area contributed by atoms with E-state index >= 15 is 0 Å². The highest BCUT2D eigenvalue weighted by atomic mass is 16.2. The van der Waals surface area contributed by atoms with Crippen molar-refractivity contribution < 1.29 is 9.59 Å². The van der Waals surface area contributed by atoms with Crippen LogP contribution in [0.3, 0.4) is 0 Å². The van der Waals surface area contributed by atoms with Crippen molar-refractivity contribution in [1.29, 1.82) is 0 Å². The first kappa shape index (κ1) is 26.8. The maximum absolute atomic E-state index is 14.0. The van der Waals surface area contributed by atoms with Gasteiger partial charge in [0.1, 0.15) is 6.04 Å². The third kappa shape index (κ3) is 6.45. The zero-order valence-corrected chi connectivity index (χ0v) is 22.2. The maximum atomic E-state index is 14.0. The fourth-order valence-corrected chi connectivity index (χ4v) is 5.10. The van der Waals surface area contributed by atoms with Crippen LogP contribution in [-0.4, -0.2) is 23.3 Å². The molecule has 1 unspecified atom stereocenters. The van der Waals surface area contributed by atoms with Crippen LogP contribution in [0.15, 0.2) is 36.4 Å². The highest BCUT2D eigenvalue weighted by Gasteiger charge is 2.36. The van der Waals surface area contributed by atoms with Gasteiger partial charge >= 0.3 is 0 Å². The number of unbranched alkanes of at least 4 members (excludes halogenated alkanes) is 4. The predicted octanol–water partition coefficient (Wildman–Crippen LogP) is 6.94. The molecule has 0 saturated heterocycles. The summed E-state index contributed by atoms with van der Waals surface area (Å²) in [6.07, 6.45) is 6.74. The average molecular weight is 478 g/mol. The summed E-state index contributed by atoms with van der Waals surface area (Å²) in [5.41, 5.74) is 11.9. The Hall–Kier alpha value is -2.82. The van der Waals surface area contributed by atoms with Gasteiger partial charge in [-0.25, -0.2) is 0 Å². The van der Waals surface area contributed by atoms with E-state index in [1.165, 1.54) is 12.8 Å². The van der Waals surface area contributed by atoms with Gasteiger partial charge in [0.2, 0.25) is 5.91 Å². The largest absolute Gasteiger partial charge is 0.399 e. The molecule has 1 atom stereocenters. The zero-order valence-electron chi connectivity index (χ0n) is 22.2. The molecule has 2 aromatic rings. The molecule has 35 heavy (non-hydrogen) atoms. The zero-order chi connectivity index (χ0) is 25.5. The number of nitrogens with zero attached hydrogens (tertiary/aromatic N) is 1. The smallest absolute Gasteiger partial charge is 0.251 e. The number of hydrogen-bond donors (Lipinski definition) is 2. The van der Waals surface area contributed by atoms with Crippen molar-refractivity contribution >= 4 is 23.2 Å². The number of benzene rings is 2. The van der Waals surface area contributed by atoms with Crippen LogP contribution in [0.1, 0.15) is 113 Å². The fraction of sp³-hybridized carbons (Fsp3) is 0.533. The van der Waals surface area contributed by atoms with Crippen LogP contribution in [0.4, 0.5) is 11.4 Å². The molecule has 0 radical (unpaired) electrons. The van der Waals surface area contributed by atoms with Gasteiger partial charge in [0.05, 0.1) is 0 Å². The first-order valence-electron chi connectivity index (χ1n) is 13.4. The fourth-order valence-electron chi connectivity index (χ4n) is 5.10. The van der Waals surface area contributed by atoms with Crippen LogP contribution in [0.5, 0.6) is 0 Å². The Morgan fingerprint density at radius 3 is 2.26 bits per heavy atom. The second-order valence-electron chi connectivity index (χ2n) is 10.5. The van der Waals surface area contributed by atoms with Crippen LogP contribution in [-0.2, 0) is 16.0 Å². The number of nitrogens with two attached hydrogens (primary N) is 1. The Morgan fingerprint density at radius 2 is 1.63 bits per heavy atom. The molecule has 2 amide bonds. The molecule has 5 heteroatoms. The van der Waals surface area contributed by atoms with Crippen molar-refractivity contribution in [2.24, 2.45) is 0 Å². The second kappa shape index (κ2) is 12.2. The summed E-state index contributed by atoms with van der Waals surface area (Å²) in [4.78, 5) is 29.1. The van der Waals surface area contributed by atoms with Gasteiger partial charge in [0.15, 0.2) is 0 Å². The molecule has 1 aliphatic heterocycles. The Bertz CT molecular complexity index is 999. The Morgan fingerprint density at radius 1 is 1.00 bits per heavy atom. The first-order valence-corrected chi connectivity index (χ1v) is 13.4. The van der Waals surface area contributed by atoms with Crippen molar-refractivity contribution in [3.63, 3.8) is 0 Å². The minimum absolute atomic E-state index is 0.0709. The number of hydrogen-bond acceptors (Lipinski definition) is 3. The Kier molecular flexibility index (Phi) is 9.36. The SMILES string of the molecule is CCCCCCCC(=O)N1CCc2ccccc2C1C(=O)Nc1c(C(C)C)cc(N)cc1C(C)C. The lowest BCUT2D eigenvalue weighted by molar-refractivity contribution is -0.139. The molecular weight excluding hydrogens is 434 g/mol. The minimum atomic E-state index is -0.624. The van der Waals surface area contributed by atoms with Crippen LogP contribution >= 0.6 is 0 Å². The van der Waals surface area contributed by atoms with Crippen molar-refractivity contribution in [2.75, 3.05) is 17.6 Å². The first-order chi connectivity index (χ1) is 16.7. The number of anilines is 2. The van der Waals surface area contributed by atoms with E-state index in [2.05, 4.69) is 46.0 Å². The van der Waals surface area contributed by atoms with Crippen molar-refractivity contribution in [2.45, 2.75) is 97.4 Å². The Labute approximate surface area is 211 Å². The number of nitrogen functional groups attached to an aromatic ring is 1. The summed E-state index contributed by atoms with van der Waals surface area (Å²) in [6, 6.07) is 11.3. The lowest BCUT2D eigenvalue weighted by atomic mass is 9.89. The Balaban J connectivity index is 1.92. The molecule has 1 aliphatic rings. The molecule has 190 valence electrons. The van der Waals surface area contributed by atoms with Crippen molar-refractivity contribution in [3.05, 3.63) is 58.7 Å². The molecule has 3 N–H and O–H groups in total. The summed E-state index contributed by atoms with van der Waals surface area (Å²) < 4.78 is 0. The van der Waals surface area contributed by atoms with Crippen LogP contribution in [0.25, 0.3) is 0 Å². The number of carbonyl (C=O) groups excluding carboxylic acids is 2. The van der Waals surface area contributed by atoms with Gasteiger partial charge in [0.25, 0.3) is 5.91 Å². The maximum Gasteiger partial charge on any atom is 0.251 e. The topological polar surface area (TPSA) is 75.4 Å². The third-order valence-corrected chi connectivity index (χ3v) is 7.06. The van der Waals surface area contributed by atoms with Gasteiger partial charge in [0, 0.05) is 24.3 Å². The molecule has 0 aromatic heterocycles. The van der Waals surface area contributed by atoms with E-state index in [0.29, 0.717) is 18.7 Å². The lowest BCUT2D eigenvalue weighted by Crippen LogP contribution is -2.45. The predicted molar refractivity (Wildman–Crippen MR) is 146 cm³/mol. The standard InChI is InChI=1S/C30H43N3O2/c1-6-7-8-9-10-15-27(34)33-17-16-22-13-11-12-14-24(22)29(33)30(35)32-28-25(20(2)3)18-23(31)19-26(28)21(4)5/h11-14,18-21,29H,6-10,15-17,31H2,1-5H3,(H,32,35). The summed E-state index contributed by atoms with van der Waals surface area (Å²) >= 11 is 0. The lowest BCUT2D eigenvalue weighted by Gasteiger charge is -2.37. The van der Waals surface area contributed by atoms with Crippen molar-refractivity contribution in [3.8, 4) is 0 Å². The monoisotopic (exact) mass is 477 g/mol. The summed E-state index contributed by atoms with van der Waals surface area (Å²) in [6.45, 7) is 11.2. The number of carbonyl (C=O) groups is 2. The average Bonchev–Trinajstić information content (AvgIpc) is 2.83. The molecule has 5 nitrogen and oxygen atoms in total. The summed E-state index contributed by atoms with van der Waals surface area (Å²) in [5, 5.41) is 3.26. The van der Waals surface area contributed by atoms with Gasteiger partial charge < -0.3 is 16.0 Å². The molecule has 1 heterocycles. The highest BCUT2D eigenvalue weighted by Crippen LogP contribution is 2.37. The molecule has 0 saturated carbocycles. The van der Waals surface area contributed by atoms with E-state index in [-0.39, 0.29) is 23.7 Å². The number of rotatable bonds is 10. The highest BCUT2D eigenvalue weighted by molar-refractivity contribution is 6.00. The van der Waals surface area contributed by atoms with Crippen LogP contribution in [0, 0.1) is 0 Å². The van der Waals surface area contributed by atoms with Gasteiger partial charge in [-0.05, 0) is 59.1 Å². The molecule has 0 bridgehead atoms. The van der Waals surface area contributed by atoms with Crippen LogP contribution < -0.4 is 11.1 Å². The third-order valence-electron chi connectivity index (χ3n) is 7.06. The van der Waals surface area contributed by atoms with E-state index in [1.54, 1.807) is 4.90 Å². The molecule has 0 aliphatic carbocycles. The van der Waals surface area contributed by atoms with Gasteiger partial charge in [-0.3, -0.25) is 9.59 Å². The van der Waals surface area contributed by atoms with Crippen LogP contribution in [0.2, 0.25) is 0 Å². The quantitative estimate of drug-likeness (QED) is 0.287. The second-order valence-corrected chi connectivity index (χ2v) is 10.5. The number of fused-ring (bicyclic) bond motifs is 1. The van der Waals surface area contributed by atoms with E-state index in [4.69, 9.17) is 5.73 Å². The normalized spacial score (nSPS) is 15.4. The van der Waals surface area contributed by atoms with E-state index in [0.717, 1.165) is 53.6 Å². The minimum Gasteiger partial charge on any atom is -0.399 e. The van der Waals surface area contributed by atoms with Gasteiger partial charge in [-0.15, -0.1) is 0 Å². The van der Waals surface area contributed by atoms with Gasteiger partial charge in [-0.2, -0.15) is 0 Å². The molecule has 0 spiro atoms. The number of amides is 2. The molecular formula is C30H43N3O2. The number of nitrogens with one attached hydrogen (secondary N) is 1. The molecule has 3 rings (SSSR count). The van der Waals surface area contributed by atoms with E-state index in [1.807, 2.05) is 30.3 Å². The van der Waals surface area contributed by atoms with Gasteiger partial charge in [-0.1, -0.05) is 84.6 Å². The molecule has 2 aromatic carbocycles. The van der Waals surface area contributed by atoms with E-state index in [9.17, 15) is 9.59 Å². The molecule has 0 fully saturated rings. The summed E-state index contributed by atoms with van der Waals surface area (Å²) in [5.74, 6) is 0.322. The van der Waals surface area contributed by atoms with Crippen molar-refractivity contribution in [1.82, 2.24) is 4.90 Å². The summed E-state index contributed by atoms with van der Waals surface area (Å²) in [7, 11) is 0.